The van der Waals surface area contributed by atoms with Gasteiger partial charge in [-0.05, 0) is 24.5 Å². The van der Waals surface area contributed by atoms with Crippen molar-refractivity contribution in [2.24, 2.45) is 13.0 Å². The fourth-order valence-electron chi connectivity index (χ4n) is 3.19. The van der Waals surface area contributed by atoms with Crippen LogP contribution in [0, 0.1) is 5.92 Å². The molecule has 0 aliphatic heterocycles. The number of hydrogen-bond acceptors (Lipinski definition) is 3. The Kier molecular flexibility index (Phi) is 4.70. The Morgan fingerprint density at radius 2 is 1.93 bits per heavy atom. The number of aromatic nitrogens is 5. The maximum atomic E-state index is 6.26. The predicted molar refractivity (Wildman–Crippen MR) is 110 cm³/mol. The molecule has 0 spiro atoms. The number of rotatable bonds is 5. The average Bonchev–Trinajstić information content (AvgIpc) is 3.24. The lowest BCUT2D eigenvalue weighted by molar-refractivity contribution is 0.487. The number of benzene rings is 1. The van der Waals surface area contributed by atoms with Crippen molar-refractivity contribution in [1.29, 1.82) is 0 Å². The van der Waals surface area contributed by atoms with Gasteiger partial charge in [-0.25, -0.2) is 0 Å². The summed E-state index contributed by atoms with van der Waals surface area (Å²) in [4.78, 5) is 4.62. The van der Waals surface area contributed by atoms with E-state index in [4.69, 9.17) is 11.6 Å². The standard InChI is InChI=1S/C21H22ClN5/c1-14(2)6-7-27-13-17(10-24-27)19-9-18(22)11-23-21(19)15-4-5-16-12-26(3)25-20(16)8-15/h4-5,8-14H,6-7H2,1-3H3. The molecule has 0 radical (unpaired) electrons. The van der Waals surface area contributed by atoms with Crippen LogP contribution in [0.15, 0.2) is 49.1 Å². The van der Waals surface area contributed by atoms with Crippen LogP contribution in [-0.4, -0.2) is 24.5 Å². The molecule has 0 aliphatic rings. The highest BCUT2D eigenvalue weighted by Crippen LogP contribution is 2.33. The van der Waals surface area contributed by atoms with E-state index in [1.807, 2.05) is 34.9 Å². The second kappa shape index (κ2) is 7.16. The molecule has 138 valence electrons. The van der Waals surface area contributed by atoms with Crippen LogP contribution in [0.25, 0.3) is 33.3 Å². The van der Waals surface area contributed by atoms with Gasteiger partial charge in [0.05, 0.1) is 22.4 Å². The summed E-state index contributed by atoms with van der Waals surface area (Å²) >= 11 is 6.26. The van der Waals surface area contributed by atoms with Crippen LogP contribution in [0.5, 0.6) is 0 Å². The van der Waals surface area contributed by atoms with E-state index >= 15 is 0 Å². The smallest absolute Gasteiger partial charge is 0.0929 e. The minimum Gasteiger partial charge on any atom is -0.275 e. The van der Waals surface area contributed by atoms with Gasteiger partial charge in [0.1, 0.15) is 0 Å². The van der Waals surface area contributed by atoms with Gasteiger partial charge in [0.25, 0.3) is 0 Å². The first kappa shape index (κ1) is 17.7. The number of pyridine rings is 1. The summed E-state index contributed by atoms with van der Waals surface area (Å²) in [7, 11) is 1.93. The maximum absolute atomic E-state index is 6.26. The summed E-state index contributed by atoms with van der Waals surface area (Å²) in [5, 5.41) is 10.7. The van der Waals surface area contributed by atoms with E-state index in [-0.39, 0.29) is 0 Å². The summed E-state index contributed by atoms with van der Waals surface area (Å²) in [5.74, 6) is 0.645. The monoisotopic (exact) mass is 379 g/mol. The van der Waals surface area contributed by atoms with Crippen molar-refractivity contribution in [3.8, 4) is 22.4 Å². The van der Waals surface area contributed by atoms with Crippen LogP contribution in [-0.2, 0) is 13.6 Å². The molecule has 4 aromatic rings. The third-order valence-electron chi connectivity index (χ3n) is 4.63. The van der Waals surface area contributed by atoms with Gasteiger partial charge in [-0.15, -0.1) is 0 Å². The van der Waals surface area contributed by atoms with Crippen LogP contribution < -0.4 is 0 Å². The zero-order valence-electron chi connectivity index (χ0n) is 15.7. The van der Waals surface area contributed by atoms with Crippen molar-refractivity contribution < 1.29 is 0 Å². The first-order valence-electron chi connectivity index (χ1n) is 9.12. The highest BCUT2D eigenvalue weighted by Gasteiger charge is 2.13. The molecule has 0 N–H and O–H groups in total. The summed E-state index contributed by atoms with van der Waals surface area (Å²) in [5.41, 5.74) is 4.85. The van der Waals surface area contributed by atoms with Crippen LogP contribution in [0.3, 0.4) is 0 Å². The summed E-state index contributed by atoms with van der Waals surface area (Å²) in [6.07, 6.45) is 8.74. The molecule has 0 saturated carbocycles. The summed E-state index contributed by atoms with van der Waals surface area (Å²) < 4.78 is 3.81. The van der Waals surface area contributed by atoms with Crippen LogP contribution in [0.1, 0.15) is 20.3 Å². The minimum absolute atomic E-state index is 0.614. The molecule has 3 heterocycles. The van der Waals surface area contributed by atoms with Gasteiger partial charge in [-0.1, -0.05) is 37.6 Å². The van der Waals surface area contributed by atoms with Crippen LogP contribution in [0.4, 0.5) is 0 Å². The number of aryl methyl sites for hydroxylation is 2. The molecule has 0 atom stereocenters. The first-order valence-corrected chi connectivity index (χ1v) is 9.49. The molecule has 27 heavy (non-hydrogen) atoms. The number of halogens is 1. The van der Waals surface area contributed by atoms with Gasteiger partial charge in [0.15, 0.2) is 0 Å². The molecular weight excluding hydrogens is 358 g/mol. The van der Waals surface area contributed by atoms with E-state index < -0.39 is 0 Å². The van der Waals surface area contributed by atoms with Crippen molar-refractivity contribution in [3.05, 3.63) is 54.1 Å². The van der Waals surface area contributed by atoms with E-state index in [1.165, 1.54) is 0 Å². The van der Waals surface area contributed by atoms with Gasteiger partial charge in [-0.2, -0.15) is 10.2 Å². The Balaban J connectivity index is 1.76. The second-order valence-corrected chi connectivity index (χ2v) is 7.74. The van der Waals surface area contributed by atoms with E-state index in [1.54, 1.807) is 6.20 Å². The number of nitrogens with zero attached hydrogens (tertiary/aromatic N) is 5. The first-order chi connectivity index (χ1) is 13.0. The SMILES string of the molecule is CC(C)CCn1cc(-c2cc(Cl)cnc2-c2ccc3cn(C)nc3c2)cn1. The van der Waals surface area contributed by atoms with Crippen molar-refractivity contribution in [2.45, 2.75) is 26.8 Å². The fourth-order valence-corrected chi connectivity index (χ4v) is 3.35. The zero-order chi connectivity index (χ0) is 19.0. The normalized spacial score (nSPS) is 11.6. The highest BCUT2D eigenvalue weighted by molar-refractivity contribution is 6.30. The lowest BCUT2D eigenvalue weighted by Crippen LogP contribution is -2.01. The minimum atomic E-state index is 0.614. The van der Waals surface area contributed by atoms with Gasteiger partial charge in [-0.3, -0.25) is 14.3 Å². The molecule has 0 unspecified atom stereocenters. The molecular formula is C21H22ClN5. The van der Waals surface area contributed by atoms with Gasteiger partial charge < -0.3 is 0 Å². The Morgan fingerprint density at radius 3 is 2.74 bits per heavy atom. The van der Waals surface area contributed by atoms with Crippen molar-refractivity contribution in [2.75, 3.05) is 0 Å². The molecule has 0 aliphatic carbocycles. The molecule has 1 aromatic carbocycles. The molecule has 4 rings (SSSR count). The molecule has 6 heteroatoms. The van der Waals surface area contributed by atoms with Crippen molar-refractivity contribution in [1.82, 2.24) is 24.5 Å². The van der Waals surface area contributed by atoms with E-state index in [9.17, 15) is 0 Å². The largest absolute Gasteiger partial charge is 0.275 e. The maximum Gasteiger partial charge on any atom is 0.0929 e. The van der Waals surface area contributed by atoms with E-state index in [0.29, 0.717) is 10.9 Å². The van der Waals surface area contributed by atoms with Gasteiger partial charge in [0, 0.05) is 54.3 Å². The van der Waals surface area contributed by atoms with Crippen molar-refractivity contribution in [3.63, 3.8) is 0 Å². The van der Waals surface area contributed by atoms with Crippen molar-refractivity contribution >= 4 is 22.5 Å². The molecule has 0 saturated heterocycles. The second-order valence-electron chi connectivity index (χ2n) is 7.30. The van der Waals surface area contributed by atoms with Gasteiger partial charge >= 0.3 is 0 Å². The molecule has 3 aromatic heterocycles. The number of fused-ring (bicyclic) bond motifs is 1. The molecule has 0 amide bonds. The zero-order valence-corrected chi connectivity index (χ0v) is 16.5. The van der Waals surface area contributed by atoms with Crippen LogP contribution in [0.2, 0.25) is 5.02 Å². The summed E-state index contributed by atoms with van der Waals surface area (Å²) in [6, 6.07) is 8.17. The average molecular weight is 380 g/mol. The topological polar surface area (TPSA) is 48.5 Å². The lowest BCUT2D eigenvalue weighted by atomic mass is 10.0. The van der Waals surface area contributed by atoms with E-state index in [0.717, 1.165) is 46.3 Å². The van der Waals surface area contributed by atoms with Crippen LogP contribution >= 0.6 is 11.6 Å². The van der Waals surface area contributed by atoms with E-state index in [2.05, 4.69) is 53.4 Å². The predicted octanol–water partition coefficient (Wildman–Crippen LogP) is 5.20. The van der Waals surface area contributed by atoms with Gasteiger partial charge in [0.2, 0.25) is 0 Å². The molecule has 5 nitrogen and oxygen atoms in total. The Morgan fingerprint density at radius 1 is 1.07 bits per heavy atom. The number of hydrogen-bond donors (Lipinski definition) is 0. The third kappa shape index (κ3) is 3.74. The fraction of sp³-hybridized carbons (Fsp3) is 0.286. The third-order valence-corrected chi connectivity index (χ3v) is 4.84. The Bertz CT molecular complexity index is 1090. The molecule has 0 fully saturated rings. The Hall–Kier alpha value is -2.66. The summed E-state index contributed by atoms with van der Waals surface area (Å²) in [6.45, 7) is 5.34. The molecule has 0 bridgehead atoms. The highest BCUT2D eigenvalue weighted by atomic mass is 35.5. The Labute approximate surface area is 163 Å². The quantitative estimate of drug-likeness (QED) is 0.479. The lowest BCUT2D eigenvalue weighted by Gasteiger charge is -2.08.